The molecular weight excluding hydrogens is 510 g/mol. The van der Waals surface area contributed by atoms with E-state index in [0.717, 1.165) is 6.07 Å². The molecule has 0 amide bonds. The van der Waals surface area contributed by atoms with E-state index in [1.807, 2.05) is 0 Å². The molecule has 0 saturated carbocycles. The van der Waals surface area contributed by atoms with Crippen molar-refractivity contribution in [3.63, 3.8) is 0 Å². The van der Waals surface area contributed by atoms with Crippen LogP contribution in [0.1, 0.15) is 30.0 Å². The number of hydrogen-bond donors (Lipinski definition) is 0. The molecule has 3 aromatic rings. The number of benzene rings is 3. The molecule has 198 valence electrons. The van der Waals surface area contributed by atoms with Crippen LogP contribution < -0.4 is 14.4 Å². The van der Waals surface area contributed by atoms with Crippen LogP contribution in [0.25, 0.3) is 11.1 Å². The van der Waals surface area contributed by atoms with Gasteiger partial charge in [0.1, 0.15) is 11.5 Å². The lowest BCUT2D eigenvalue weighted by Gasteiger charge is -2.40. The molecule has 37 heavy (non-hydrogen) atoms. The highest BCUT2D eigenvalue weighted by atomic mass is 19.4. The molecule has 0 saturated heterocycles. The van der Waals surface area contributed by atoms with Crippen LogP contribution >= 0.6 is 0 Å². The van der Waals surface area contributed by atoms with E-state index in [1.165, 1.54) is 30.3 Å². The summed E-state index contributed by atoms with van der Waals surface area (Å²) >= 11 is 0. The van der Waals surface area contributed by atoms with Gasteiger partial charge in [-0.3, -0.25) is 0 Å². The predicted octanol–water partition coefficient (Wildman–Crippen LogP) is 8.30. The van der Waals surface area contributed by atoms with Crippen molar-refractivity contribution in [3.8, 4) is 22.6 Å². The molecule has 1 aliphatic rings. The average molecular weight is 531 g/mol. The Hall–Kier alpha value is -3.50. The first-order valence-electron chi connectivity index (χ1n) is 11.3. The monoisotopic (exact) mass is 531 g/mol. The Kier molecular flexibility index (Phi) is 7.52. The molecule has 3 aromatic carbocycles. The summed E-state index contributed by atoms with van der Waals surface area (Å²) in [5, 5.41) is 0. The van der Waals surface area contributed by atoms with Gasteiger partial charge in [-0.2, -0.15) is 22.0 Å². The molecule has 1 heterocycles. The molecule has 4 rings (SSSR count). The summed E-state index contributed by atoms with van der Waals surface area (Å²) in [6.07, 6.45) is -9.69. The SMILES string of the molecule is FC(F)Oc1cccc([C@@H]2CCc3c(-c4cccc(OC(F)(F)F)c4)cccc3N2CCC(F)(F)F)c1. The van der Waals surface area contributed by atoms with Crippen LogP contribution in [0.3, 0.4) is 0 Å². The highest BCUT2D eigenvalue weighted by Gasteiger charge is 2.34. The molecule has 0 aliphatic carbocycles. The Labute approximate surface area is 207 Å². The van der Waals surface area contributed by atoms with Crippen molar-refractivity contribution in [1.29, 1.82) is 0 Å². The van der Waals surface area contributed by atoms with Gasteiger partial charge in [0.15, 0.2) is 0 Å². The van der Waals surface area contributed by atoms with Crippen LogP contribution in [0.4, 0.5) is 40.8 Å². The summed E-state index contributed by atoms with van der Waals surface area (Å²) in [7, 11) is 0. The number of alkyl halides is 8. The van der Waals surface area contributed by atoms with Gasteiger partial charge in [-0.05, 0) is 65.4 Å². The van der Waals surface area contributed by atoms with Gasteiger partial charge in [0, 0.05) is 12.2 Å². The van der Waals surface area contributed by atoms with E-state index in [-0.39, 0.29) is 5.75 Å². The lowest BCUT2D eigenvalue weighted by atomic mass is 9.86. The number of halogens is 8. The fourth-order valence-corrected chi connectivity index (χ4v) is 4.61. The summed E-state index contributed by atoms with van der Waals surface area (Å²) in [6, 6.07) is 15.6. The molecule has 0 bridgehead atoms. The normalized spacial score (nSPS) is 16.0. The Morgan fingerprint density at radius 1 is 0.865 bits per heavy atom. The van der Waals surface area contributed by atoms with Crippen molar-refractivity contribution in [2.75, 3.05) is 11.4 Å². The maximum absolute atomic E-state index is 13.2. The van der Waals surface area contributed by atoms with Crippen molar-refractivity contribution >= 4 is 5.69 Å². The third kappa shape index (κ3) is 6.84. The van der Waals surface area contributed by atoms with E-state index in [2.05, 4.69) is 9.47 Å². The molecule has 1 atom stereocenters. The second kappa shape index (κ2) is 10.5. The van der Waals surface area contributed by atoms with Gasteiger partial charge < -0.3 is 14.4 Å². The fraction of sp³-hybridized carbons (Fsp3) is 0.308. The summed E-state index contributed by atoms with van der Waals surface area (Å²) < 4.78 is 112. The Bertz CT molecular complexity index is 1230. The van der Waals surface area contributed by atoms with Crippen molar-refractivity contribution in [1.82, 2.24) is 0 Å². The molecule has 0 N–H and O–H groups in total. The van der Waals surface area contributed by atoms with Gasteiger partial charge in [0.2, 0.25) is 0 Å². The Morgan fingerprint density at radius 3 is 2.27 bits per heavy atom. The van der Waals surface area contributed by atoms with E-state index in [9.17, 15) is 35.1 Å². The minimum atomic E-state index is -4.88. The first kappa shape index (κ1) is 26.6. The zero-order chi connectivity index (χ0) is 26.8. The van der Waals surface area contributed by atoms with Crippen molar-refractivity contribution in [2.24, 2.45) is 0 Å². The Balaban J connectivity index is 1.74. The molecule has 0 spiro atoms. The third-order valence-corrected chi connectivity index (χ3v) is 5.99. The third-order valence-electron chi connectivity index (χ3n) is 5.99. The second-order valence-electron chi connectivity index (χ2n) is 8.44. The van der Waals surface area contributed by atoms with Gasteiger partial charge in [-0.1, -0.05) is 36.4 Å². The minimum Gasteiger partial charge on any atom is -0.435 e. The minimum absolute atomic E-state index is 0.107. The molecule has 0 aromatic heterocycles. The van der Waals surface area contributed by atoms with Gasteiger partial charge in [0.05, 0.1) is 12.5 Å². The summed E-state index contributed by atoms with van der Waals surface area (Å²) in [4.78, 5) is 1.56. The molecule has 0 fully saturated rings. The number of ether oxygens (including phenoxy) is 2. The van der Waals surface area contributed by atoms with Gasteiger partial charge >= 0.3 is 19.2 Å². The van der Waals surface area contributed by atoms with Crippen LogP contribution in [-0.4, -0.2) is 25.7 Å². The summed E-state index contributed by atoms with van der Waals surface area (Å²) in [5.41, 5.74) is 2.65. The molecule has 1 aliphatic heterocycles. The number of nitrogens with zero attached hydrogens (tertiary/aromatic N) is 1. The molecule has 0 radical (unpaired) electrons. The highest BCUT2D eigenvalue weighted by Crippen LogP contribution is 2.44. The molecular formula is C26H21F8NO2. The lowest BCUT2D eigenvalue weighted by molar-refractivity contribution is -0.274. The standard InChI is InChI=1S/C26H21F8NO2/c27-24(28)36-18-6-2-5-17(15-18)22-11-10-21-20(16-4-1-7-19(14-16)37-26(32,33)34)8-3-9-23(21)35(22)13-12-25(29,30)31/h1-9,14-15,22,24H,10-13H2/t22-/m0/s1. The highest BCUT2D eigenvalue weighted by molar-refractivity contribution is 5.76. The summed E-state index contributed by atoms with van der Waals surface area (Å²) in [5.74, 6) is -0.523. The van der Waals surface area contributed by atoms with Crippen LogP contribution in [0.5, 0.6) is 11.5 Å². The molecule has 11 heteroatoms. The van der Waals surface area contributed by atoms with E-state index < -0.39 is 43.9 Å². The first-order valence-corrected chi connectivity index (χ1v) is 11.3. The maximum atomic E-state index is 13.2. The fourth-order valence-electron chi connectivity index (χ4n) is 4.61. The molecule has 0 unspecified atom stereocenters. The predicted molar refractivity (Wildman–Crippen MR) is 121 cm³/mol. The van der Waals surface area contributed by atoms with Gasteiger partial charge in [-0.15, -0.1) is 13.2 Å². The smallest absolute Gasteiger partial charge is 0.435 e. The van der Waals surface area contributed by atoms with Crippen LogP contribution in [0, 0.1) is 0 Å². The van der Waals surface area contributed by atoms with Crippen LogP contribution in [0.15, 0.2) is 66.7 Å². The topological polar surface area (TPSA) is 21.7 Å². The quantitative estimate of drug-likeness (QED) is 0.286. The van der Waals surface area contributed by atoms with E-state index in [0.29, 0.717) is 40.8 Å². The van der Waals surface area contributed by atoms with Crippen molar-refractivity contribution in [2.45, 2.75) is 44.5 Å². The van der Waals surface area contributed by atoms with Gasteiger partial charge in [-0.25, -0.2) is 0 Å². The van der Waals surface area contributed by atoms with Crippen LogP contribution in [-0.2, 0) is 6.42 Å². The van der Waals surface area contributed by atoms with E-state index >= 15 is 0 Å². The zero-order valence-corrected chi connectivity index (χ0v) is 19.1. The lowest BCUT2D eigenvalue weighted by Crippen LogP contribution is -2.36. The summed E-state index contributed by atoms with van der Waals surface area (Å²) in [6.45, 7) is -3.45. The largest absolute Gasteiger partial charge is 0.573 e. The number of anilines is 1. The molecule has 3 nitrogen and oxygen atoms in total. The van der Waals surface area contributed by atoms with Crippen LogP contribution in [0.2, 0.25) is 0 Å². The maximum Gasteiger partial charge on any atom is 0.573 e. The number of rotatable bonds is 7. The van der Waals surface area contributed by atoms with E-state index in [4.69, 9.17) is 0 Å². The zero-order valence-electron chi connectivity index (χ0n) is 19.1. The Morgan fingerprint density at radius 2 is 1.57 bits per heavy atom. The van der Waals surface area contributed by atoms with Crippen molar-refractivity contribution in [3.05, 3.63) is 77.9 Å². The number of hydrogen-bond acceptors (Lipinski definition) is 3. The van der Waals surface area contributed by atoms with Crippen molar-refractivity contribution < 1.29 is 44.6 Å². The average Bonchev–Trinajstić information content (AvgIpc) is 2.80. The van der Waals surface area contributed by atoms with E-state index in [1.54, 1.807) is 35.2 Å². The number of fused-ring (bicyclic) bond motifs is 1. The first-order chi connectivity index (χ1) is 17.4. The van der Waals surface area contributed by atoms with Gasteiger partial charge in [0.25, 0.3) is 0 Å². The second-order valence-corrected chi connectivity index (χ2v) is 8.44.